The van der Waals surface area contributed by atoms with Crippen LogP contribution in [-0.2, 0) is 4.79 Å². The van der Waals surface area contributed by atoms with E-state index in [1.54, 1.807) is 36.4 Å². The Morgan fingerprint density at radius 2 is 2.00 bits per heavy atom. The predicted octanol–water partition coefficient (Wildman–Crippen LogP) is 2.34. The molecule has 0 aromatic heterocycles. The average Bonchev–Trinajstić information content (AvgIpc) is 3.01. The van der Waals surface area contributed by atoms with Gasteiger partial charge in [0, 0.05) is 11.8 Å². The van der Waals surface area contributed by atoms with E-state index in [1.807, 2.05) is 12.1 Å². The van der Waals surface area contributed by atoms with Gasteiger partial charge in [-0.1, -0.05) is 12.1 Å². The number of anilines is 2. The Bertz CT molecular complexity index is 753. The van der Waals surface area contributed by atoms with Gasteiger partial charge in [-0.3, -0.25) is 4.79 Å². The molecule has 3 rings (SSSR count). The highest BCUT2D eigenvalue weighted by Crippen LogP contribution is 2.34. The average molecular weight is 295 g/mol. The molecule has 22 heavy (non-hydrogen) atoms. The van der Waals surface area contributed by atoms with E-state index in [1.165, 1.54) is 0 Å². The van der Waals surface area contributed by atoms with Crippen molar-refractivity contribution in [2.24, 2.45) is 0 Å². The monoisotopic (exact) mass is 295 g/mol. The van der Waals surface area contributed by atoms with Gasteiger partial charge in [0.1, 0.15) is 6.07 Å². The molecule has 2 aromatic rings. The number of para-hydroxylation sites is 1. The van der Waals surface area contributed by atoms with Crippen molar-refractivity contribution in [2.75, 3.05) is 24.0 Å². The molecule has 1 aliphatic rings. The van der Waals surface area contributed by atoms with Crippen LogP contribution in [0, 0.1) is 11.3 Å². The maximum Gasteiger partial charge on any atom is 0.243 e. The molecule has 0 fully saturated rings. The zero-order valence-electron chi connectivity index (χ0n) is 11.6. The largest absolute Gasteiger partial charge is 0.454 e. The van der Waals surface area contributed by atoms with Gasteiger partial charge in [-0.2, -0.15) is 5.26 Å². The van der Waals surface area contributed by atoms with E-state index in [0.29, 0.717) is 22.7 Å². The molecule has 1 amide bonds. The second kappa shape index (κ2) is 6.06. The Morgan fingerprint density at radius 1 is 1.18 bits per heavy atom. The van der Waals surface area contributed by atoms with E-state index in [0.717, 1.165) is 5.69 Å². The Hall–Kier alpha value is -3.20. The molecule has 0 saturated carbocycles. The number of fused-ring (bicyclic) bond motifs is 1. The van der Waals surface area contributed by atoms with Crippen molar-refractivity contribution in [3.8, 4) is 17.6 Å². The first-order valence-corrected chi connectivity index (χ1v) is 6.69. The number of carbonyl (C=O) groups is 1. The van der Waals surface area contributed by atoms with Crippen molar-refractivity contribution < 1.29 is 14.3 Å². The fourth-order valence-electron chi connectivity index (χ4n) is 2.07. The highest BCUT2D eigenvalue weighted by Gasteiger charge is 2.13. The quantitative estimate of drug-likeness (QED) is 0.904. The van der Waals surface area contributed by atoms with E-state index in [4.69, 9.17) is 14.7 Å². The smallest absolute Gasteiger partial charge is 0.243 e. The molecule has 0 bridgehead atoms. The molecule has 0 atom stereocenters. The topological polar surface area (TPSA) is 83.4 Å². The minimum absolute atomic E-state index is 0.0827. The van der Waals surface area contributed by atoms with Crippen LogP contribution in [0.3, 0.4) is 0 Å². The van der Waals surface area contributed by atoms with Crippen LogP contribution in [0.25, 0.3) is 0 Å². The molecule has 0 spiro atoms. The van der Waals surface area contributed by atoms with Crippen molar-refractivity contribution in [3.05, 3.63) is 48.0 Å². The summed E-state index contributed by atoms with van der Waals surface area (Å²) in [6.45, 7) is 0.295. The van der Waals surface area contributed by atoms with Crippen LogP contribution in [0.5, 0.6) is 11.5 Å². The first-order chi connectivity index (χ1) is 10.8. The Kier molecular flexibility index (Phi) is 3.79. The van der Waals surface area contributed by atoms with E-state index < -0.39 is 0 Å². The van der Waals surface area contributed by atoms with Crippen molar-refractivity contribution in [3.63, 3.8) is 0 Å². The van der Waals surface area contributed by atoms with Gasteiger partial charge < -0.3 is 20.1 Å². The number of nitrogens with one attached hydrogen (secondary N) is 2. The van der Waals surface area contributed by atoms with E-state index in [-0.39, 0.29) is 19.2 Å². The van der Waals surface area contributed by atoms with E-state index in [9.17, 15) is 4.79 Å². The summed E-state index contributed by atoms with van der Waals surface area (Å²) < 4.78 is 10.5. The van der Waals surface area contributed by atoms with Gasteiger partial charge in [0.05, 0.1) is 17.8 Å². The summed E-state index contributed by atoms with van der Waals surface area (Å²) in [7, 11) is 0. The fraction of sp³-hybridized carbons (Fsp3) is 0.125. The van der Waals surface area contributed by atoms with Crippen LogP contribution in [-0.4, -0.2) is 19.2 Å². The lowest BCUT2D eigenvalue weighted by atomic mass is 10.2. The lowest BCUT2D eigenvalue weighted by Gasteiger charge is -2.09. The summed E-state index contributed by atoms with van der Waals surface area (Å²) in [4.78, 5) is 11.9. The van der Waals surface area contributed by atoms with Gasteiger partial charge in [-0.25, -0.2) is 0 Å². The van der Waals surface area contributed by atoms with Gasteiger partial charge in [-0.15, -0.1) is 0 Å². The number of nitriles is 1. The Morgan fingerprint density at radius 3 is 2.86 bits per heavy atom. The summed E-state index contributed by atoms with van der Waals surface area (Å²) in [5.74, 6) is 1.11. The zero-order valence-corrected chi connectivity index (χ0v) is 11.6. The highest BCUT2D eigenvalue weighted by atomic mass is 16.7. The van der Waals surface area contributed by atoms with Crippen LogP contribution in [0.4, 0.5) is 11.4 Å². The summed E-state index contributed by atoms with van der Waals surface area (Å²) >= 11 is 0. The summed E-state index contributed by atoms with van der Waals surface area (Å²) in [5, 5.41) is 14.7. The second-order valence-corrected chi connectivity index (χ2v) is 4.63. The lowest BCUT2D eigenvalue weighted by Crippen LogP contribution is -2.22. The third kappa shape index (κ3) is 2.94. The third-order valence-corrected chi connectivity index (χ3v) is 3.15. The number of carbonyl (C=O) groups excluding carboxylic acids is 1. The molecule has 0 unspecified atom stereocenters. The van der Waals surface area contributed by atoms with Gasteiger partial charge in [-0.05, 0) is 24.3 Å². The first kappa shape index (κ1) is 13.8. The molecule has 1 heterocycles. The number of nitrogens with zero attached hydrogens (tertiary/aromatic N) is 1. The number of hydrogen-bond donors (Lipinski definition) is 2. The molecule has 1 aliphatic heterocycles. The van der Waals surface area contributed by atoms with Crippen molar-refractivity contribution in [2.45, 2.75) is 0 Å². The SMILES string of the molecule is N#Cc1ccccc1NC(=O)CNc1ccc2c(c1)OCO2. The molecule has 0 radical (unpaired) electrons. The normalized spacial score (nSPS) is 11.6. The van der Waals surface area contributed by atoms with Crippen molar-refractivity contribution in [1.82, 2.24) is 0 Å². The minimum Gasteiger partial charge on any atom is -0.454 e. The zero-order chi connectivity index (χ0) is 15.4. The summed E-state index contributed by atoms with van der Waals surface area (Å²) in [5.41, 5.74) is 1.69. The maximum atomic E-state index is 11.9. The van der Waals surface area contributed by atoms with Gasteiger partial charge in [0.2, 0.25) is 12.7 Å². The minimum atomic E-state index is -0.236. The van der Waals surface area contributed by atoms with Crippen LogP contribution in [0.1, 0.15) is 5.56 Å². The molecular formula is C16H13N3O3. The molecule has 2 N–H and O–H groups in total. The van der Waals surface area contributed by atoms with Crippen LogP contribution in [0.2, 0.25) is 0 Å². The van der Waals surface area contributed by atoms with Crippen LogP contribution < -0.4 is 20.1 Å². The van der Waals surface area contributed by atoms with Gasteiger partial charge in [0.25, 0.3) is 0 Å². The lowest BCUT2D eigenvalue weighted by molar-refractivity contribution is -0.114. The fourth-order valence-corrected chi connectivity index (χ4v) is 2.07. The molecule has 6 nitrogen and oxygen atoms in total. The molecule has 6 heteroatoms. The predicted molar refractivity (Wildman–Crippen MR) is 80.8 cm³/mol. The molecule has 0 aliphatic carbocycles. The molecular weight excluding hydrogens is 282 g/mol. The standard InChI is InChI=1S/C16H13N3O3/c17-8-11-3-1-2-4-13(11)19-16(20)9-18-12-5-6-14-15(7-12)22-10-21-14/h1-7,18H,9-10H2,(H,19,20). The Balaban J connectivity index is 1.60. The number of hydrogen-bond acceptors (Lipinski definition) is 5. The molecule has 110 valence electrons. The maximum absolute atomic E-state index is 11.9. The summed E-state index contributed by atoms with van der Waals surface area (Å²) in [6.07, 6.45) is 0. The van der Waals surface area contributed by atoms with Crippen molar-refractivity contribution in [1.29, 1.82) is 5.26 Å². The first-order valence-electron chi connectivity index (χ1n) is 6.69. The van der Waals surface area contributed by atoms with Crippen LogP contribution in [0.15, 0.2) is 42.5 Å². The number of benzene rings is 2. The number of ether oxygens (including phenoxy) is 2. The molecule has 2 aromatic carbocycles. The van der Waals surface area contributed by atoms with Crippen LogP contribution >= 0.6 is 0 Å². The second-order valence-electron chi connectivity index (χ2n) is 4.63. The third-order valence-electron chi connectivity index (χ3n) is 3.15. The van der Waals surface area contributed by atoms with Gasteiger partial charge in [0.15, 0.2) is 11.5 Å². The van der Waals surface area contributed by atoms with Gasteiger partial charge >= 0.3 is 0 Å². The highest BCUT2D eigenvalue weighted by molar-refractivity contribution is 5.94. The van der Waals surface area contributed by atoms with Crippen molar-refractivity contribution >= 4 is 17.3 Å². The summed E-state index contributed by atoms with van der Waals surface area (Å²) in [6, 6.07) is 14.3. The van der Waals surface area contributed by atoms with E-state index in [2.05, 4.69) is 10.6 Å². The molecule has 0 saturated heterocycles. The Labute approximate surface area is 127 Å². The van der Waals surface area contributed by atoms with E-state index >= 15 is 0 Å². The number of rotatable bonds is 4. The number of amides is 1.